The summed E-state index contributed by atoms with van der Waals surface area (Å²) in [5.41, 5.74) is 0. The summed E-state index contributed by atoms with van der Waals surface area (Å²) in [6.07, 6.45) is 87.4. The second kappa shape index (κ2) is 68.9. The van der Waals surface area contributed by atoms with Crippen molar-refractivity contribution in [3.05, 3.63) is 48.6 Å². The molecule has 0 N–H and O–H groups in total. The lowest BCUT2D eigenvalue weighted by atomic mass is 10.0. The Hall–Kier alpha value is -2.63. The average molecular weight is 1120 g/mol. The number of carbonyl (C=O) groups is 3. The van der Waals surface area contributed by atoms with Gasteiger partial charge < -0.3 is 14.2 Å². The maximum absolute atomic E-state index is 12.9. The molecule has 80 heavy (non-hydrogen) atoms. The van der Waals surface area contributed by atoms with Gasteiger partial charge in [0.2, 0.25) is 0 Å². The number of ether oxygens (including phenoxy) is 3. The van der Waals surface area contributed by atoms with Gasteiger partial charge in [-0.15, -0.1) is 0 Å². The second-order valence-electron chi connectivity index (χ2n) is 24.1. The molecule has 0 spiro atoms. The molecule has 0 radical (unpaired) electrons. The minimum absolute atomic E-state index is 0.0850. The highest BCUT2D eigenvalue weighted by Crippen LogP contribution is 2.19. The molecule has 6 nitrogen and oxygen atoms in total. The second-order valence-corrected chi connectivity index (χ2v) is 24.1. The zero-order valence-electron chi connectivity index (χ0n) is 53.9. The van der Waals surface area contributed by atoms with Crippen molar-refractivity contribution in [2.45, 2.75) is 393 Å². The van der Waals surface area contributed by atoms with E-state index in [2.05, 4.69) is 69.4 Å². The van der Waals surface area contributed by atoms with E-state index in [1.165, 1.54) is 263 Å². The van der Waals surface area contributed by atoms with Crippen molar-refractivity contribution < 1.29 is 28.6 Å². The van der Waals surface area contributed by atoms with Crippen molar-refractivity contribution in [2.24, 2.45) is 0 Å². The molecule has 0 aromatic heterocycles. The predicted octanol–water partition coefficient (Wildman–Crippen LogP) is 24.5. The van der Waals surface area contributed by atoms with Crippen molar-refractivity contribution in [2.75, 3.05) is 13.2 Å². The van der Waals surface area contributed by atoms with E-state index in [9.17, 15) is 14.4 Å². The van der Waals surface area contributed by atoms with Crippen molar-refractivity contribution >= 4 is 17.9 Å². The van der Waals surface area contributed by atoms with Crippen molar-refractivity contribution in [1.82, 2.24) is 0 Å². The summed E-state index contributed by atoms with van der Waals surface area (Å²) in [6.45, 7) is 6.56. The van der Waals surface area contributed by atoms with E-state index < -0.39 is 6.10 Å². The summed E-state index contributed by atoms with van der Waals surface area (Å²) in [5, 5.41) is 0. The molecule has 0 rings (SSSR count). The SMILES string of the molecule is CC/C=C\C/C=C\C/C=C\C/C=C\CCCCC(=O)OC(COC(=O)CCCCCCCCCCCCCCCC)COC(=O)CCCCCCCCCCCCCCCCCCCCCCCCCCCCCCCCCCC. The molecule has 0 saturated carbocycles. The quantitative estimate of drug-likeness (QED) is 0.0261. The highest BCUT2D eigenvalue weighted by molar-refractivity contribution is 5.71. The summed E-state index contributed by atoms with van der Waals surface area (Å²) >= 11 is 0. The Kier molecular flexibility index (Phi) is 66.6. The monoisotopic (exact) mass is 1120 g/mol. The van der Waals surface area contributed by atoms with Crippen molar-refractivity contribution in [3.8, 4) is 0 Å². The van der Waals surface area contributed by atoms with Crippen molar-refractivity contribution in [1.29, 1.82) is 0 Å². The van der Waals surface area contributed by atoms with E-state index in [0.717, 1.165) is 77.0 Å². The van der Waals surface area contributed by atoms with E-state index in [-0.39, 0.29) is 37.5 Å². The molecule has 0 aromatic rings. The maximum atomic E-state index is 12.9. The summed E-state index contributed by atoms with van der Waals surface area (Å²) < 4.78 is 16.9. The molecule has 468 valence electrons. The van der Waals surface area contributed by atoms with Gasteiger partial charge in [-0.2, -0.15) is 0 Å². The Balaban J connectivity index is 4.11. The number of carbonyl (C=O) groups excluding carboxylic acids is 3. The average Bonchev–Trinajstić information content (AvgIpc) is 3.46. The minimum Gasteiger partial charge on any atom is -0.462 e. The lowest BCUT2D eigenvalue weighted by Gasteiger charge is -2.18. The van der Waals surface area contributed by atoms with Crippen LogP contribution < -0.4 is 0 Å². The molecule has 6 heteroatoms. The molecule has 0 aliphatic rings. The molecule has 0 amide bonds. The summed E-state index contributed by atoms with van der Waals surface area (Å²) in [4.78, 5) is 38.3. The highest BCUT2D eigenvalue weighted by atomic mass is 16.6. The molecule has 1 atom stereocenters. The van der Waals surface area contributed by atoms with E-state index >= 15 is 0 Å². The van der Waals surface area contributed by atoms with E-state index in [1.54, 1.807) is 0 Å². The van der Waals surface area contributed by atoms with Gasteiger partial charge >= 0.3 is 17.9 Å². The molecule has 0 bridgehead atoms. The Morgan fingerprint density at radius 3 is 0.762 bits per heavy atom. The van der Waals surface area contributed by atoms with Crippen LogP contribution in [-0.4, -0.2) is 37.2 Å². The number of unbranched alkanes of at least 4 members (excludes halogenated alkanes) is 47. The largest absolute Gasteiger partial charge is 0.462 e. The Labute approximate surface area is 498 Å². The maximum Gasteiger partial charge on any atom is 0.306 e. The molecule has 0 heterocycles. The third-order valence-corrected chi connectivity index (χ3v) is 16.1. The fourth-order valence-corrected chi connectivity index (χ4v) is 10.8. The van der Waals surface area contributed by atoms with Gasteiger partial charge in [0.1, 0.15) is 13.2 Å². The third kappa shape index (κ3) is 66.2. The molecule has 0 fully saturated rings. The van der Waals surface area contributed by atoms with Gasteiger partial charge in [-0.1, -0.05) is 358 Å². The summed E-state index contributed by atoms with van der Waals surface area (Å²) in [5.74, 6) is -0.903. The fraction of sp³-hybridized carbons (Fsp3) is 0.851. The van der Waals surface area contributed by atoms with Crippen LogP contribution in [0.15, 0.2) is 48.6 Å². The van der Waals surface area contributed by atoms with Gasteiger partial charge in [0.25, 0.3) is 0 Å². The number of hydrogen-bond donors (Lipinski definition) is 0. The first kappa shape index (κ1) is 77.4. The predicted molar refractivity (Wildman–Crippen MR) is 349 cm³/mol. The highest BCUT2D eigenvalue weighted by Gasteiger charge is 2.19. The Morgan fingerprint density at radius 2 is 0.487 bits per heavy atom. The van der Waals surface area contributed by atoms with Crippen LogP contribution in [0.25, 0.3) is 0 Å². The van der Waals surface area contributed by atoms with Crippen LogP contribution in [0.2, 0.25) is 0 Å². The topological polar surface area (TPSA) is 78.9 Å². The van der Waals surface area contributed by atoms with Gasteiger partial charge in [-0.25, -0.2) is 0 Å². The summed E-state index contributed by atoms with van der Waals surface area (Å²) in [6, 6.07) is 0. The zero-order valence-corrected chi connectivity index (χ0v) is 53.9. The smallest absolute Gasteiger partial charge is 0.306 e. The zero-order chi connectivity index (χ0) is 57.8. The Morgan fingerprint density at radius 1 is 0.263 bits per heavy atom. The molecule has 0 saturated heterocycles. The van der Waals surface area contributed by atoms with E-state index in [0.29, 0.717) is 19.3 Å². The van der Waals surface area contributed by atoms with Crippen LogP contribution in [0.1, 0.15) is 387 Å². The van der Waals surface area contributed by atoms with Crippen LogP contribution in [-0.2, 0) is 28.6 Å². The number of rotatable bonds is 66. The Bertz CT molecular complexity index is 1380. The molecule has 0 aromatic carbocycles. The molecular weight excluding hydrogens is 985 g/mol. The molecule has 1 unspecified atom stereocenters. The minimum atomic E-state index is -0.792. The van der Waals surface area contributed by atoms with E-state index in [4.69, 9.17) is 14.2 Å². The number of hydrogen-bond acceptors (Lipinski definition) is 6. The first-order valence-corrected chi connectivity index (χ1v) is 35.6. The van der Waals surface area contributed by atoms with Gasteiger partial charge in [0.15, 0.2) is 6.10 Å². The third-order valence-electron chi connectivity index (χ3n) is 16.1. The van der Waals surface area contributed by atoms with Gasteiger partial charge in [0, 0.05) is 19.3 Å². The number of allylic oxidation sites excluding steroid dienone is 8. The molecule has 0 aliphatic heterocycles. The first-order valence-electron chi connectivity index (χ1n) is 35.6. The summed E-state index contributed by atoms with van der Waals surface area (Å²) in [7, 11) is 0. The van der Waals surface area contributed by atoms with Crippen LogP contribution in [0, 0.1) is 0 Å². The number of esters is 3. The molecular formula is C74H136O6. The molecule has 0 aliphatic carbocycles. The normalized spacial score (nSPS) is 12.3. The lowest BCUT2D eigenvalue weighted by Crippen LogP contribution is -2.30. The van der Waals surface area contributed by atoms with Gasteiger partial charge in [-0.3, -0.25) is 14.4 Å². The van der Waals surface area contributed by atoms with Crippen LogP contribution in [0.4, 0.5) is 0 Å². The van der Waals surface area contributed by atoms with Crippen molar-refractivity contribution in [3.63, 3.8) is 0 Å². The fourth-order valence-electron chi connectivity index (χ4n) is 10.8. The van der Waals surface area contributed by atoms with Crippen LogP contribution in [0.5, 0.6) is 0 Å². The van der Waals surface area contributed by atoms with Crippen LogP contribution >= 0.6 is 0 Å². The first-order chi connectivity index (χ1) is 39.5. The standard InChI is InChI=1S/C74H136O6/c1-4-7-10-13-16-19-22-25-28-29-30-31-32-33-34-35-36-37-38-39-40-41-42-43-44-45-47-49-52-55-58-61-64-67-73(76)79-70-71(69-78-72(75)66-63-60-57-54-51-48-27-24-21-18-15-12-9-6-3)80-74(77)68-65-62-59-56-53-50-46-26-23-20-17-14-11-8-5-2/h8,11,17,20,26,46,53,56,71H,4-7,9-10,12-16,18-19,21-25,27-45,47-52,54-55,57-70H2,1-3H3/b11-8-,20-17-,46-26-,56-53-. The van der Waals surface area contributed by atoms with E-state index in [1.807, 2.05) is 0 Å². The lowest BCUT2D eigenvalue weighted by molar-refractivity contribution is -0.167. The van der Waals surface area contributed by atoms with Crippen LogP contribution in [0.3, 0.4) is 0 Å². The van der Waals surface area contributed by atoms with Gasteiger partial charge in [-0.05, 0) is 57.8 Å². The van der Waals surface area contributed by atoms with Gasteiger partial charge in [0.05, 0.1) is 0 Å².